The van der Waals surface area contributed by atoms with Crippen molar-refractivity contribution < 1.29 is 14.3 Å². The Morgan fingerprint density at radius 2 is 1.89 bits per heavy atom. The highest BCUT2D eigenvalue weighted by Gasteiger charge is 2.30. The molecule has 2 saturated carbocycles. The van der Waals surface area contributed by atoms with E-state index in [2.05, 4.69) is 22.3 Å². The molecule has 12 heteroatoms. The molecule has 200 valence electrons. The van der Waals surface area contributed by atoms with Crippen molar-refractivity contribution in [2.24, 2.45) is 21.6 Å². The summed E-state index contributed by atoms with van der Waals surface area (Å²) in [6.07, 6.45) is 5.42. The number of hydrogen-bond donors (Lipinski definition) is 4. The Kier molecular flexibility index (Phi) is 8.71. The van der Waals surface area contributed by atoms with E-state index in [0.717, 1.165) is 19.3 Å². The molecule has 2 atom stereocenters. The number of amides is 1. The SMILES string of the molecule is C=NC(=N[C@H]1CCC[C@@H](O)C1)Nc1c(C)nc(Nc2c(Cl)cc(F)cc2Cl)n1C1CCC(C(N)=O)CC1. The first-order valence-electron chi connectivity index (χ1n) is 12.5. The van der Waals surface area contributed by atoms with Gasteiger partial charge in [0.15, 0.2) is 0 Å². The standard InChI is InChI=1S/C25H32Cl2FN7O2/c1-13-23(34-24(30-2)32-16-4-3-5-18(36)12-16)35(17-8-6-14(7-9-17)22(29)37)25(31-13)33-21-19(26)10-15(28)11-20(21)27/h10-11,14,16-18,36H,2-9,12H2,1H3,(H2,29,37)(H,31,33)(H,32,34)/t14?,16-,17?,18+/m0/s1. The fraction of sp³-hybridized carbons (Fsp3) is 0.520. The predicted octanol–water partition coefficient (Wildman–Crippen LogP) is 5.37. The third-order valence-electron chi connectivity index (χ3n) is 7.10. The Morgan fingerprint density at radius 3 is 2.49 bits per heavy atom. The van der Waals surface area contributed by atoms with E-state index in [9.17, 15) is 14.3 Å². The summed E-state index contributed by atoms with van der Waals surface area (Å²) in [5, 5.41) is 16.7. The molecule has 2 fully saturated rings. The lowest BCUT2D eigenvalue weighted by Crippen LogP contribution is -2.29. The number of benzene rings is 1. The largest absolute Gasteiger partial charge is 0.393 e. The number of aliphatic hydroxyl groups is 1. The maximum atomic E-state index is 13.8. The van der Waals surface area contributed by atoms with Gasteiger partial charge in [-0.1, -0.05) is 23.2 Å². The molecule has 1 aromatic carbocycles. The van der Waals surface area contributed by atoms with Crippen LogP contribution in [0.25, 0.3) is 0 Å². The number of halogens is 3. The number of carbonyl (C=O) groups is 1. The number of aryl methyl sites for hydroxylation is 1. The number of carbonyl (C=O) groups excluding carboxylic acids is 1. The van der Waals surface area contributed by atoms with Crippen LogP contribution in [0.1, 0.15) is 63.1 Å². The van der Waals surface area contributed by atoms with Gasteiger partial charge in [0.05, 0.1) is 33.6 Å². The van der Waals surface area contributed by atoms with Gasteiger partial charge in [0.2, 0.25) is 17.8 Å². The zero-order valence-electron chi connectivity index (χ0n) is 20.7. The minimum Gasteiger partial charge on any atom is -0.393 e. The number of rotatable bonds is 6. The van der Waals surface area contributed by atoms with Crippen molar-refractivity contribution in [3.8, 4) is 0 Å². The summed E-state index contributed by atoms with van der Waals surface area (Å²) in [6, 6.07) is 2.27. The summed E-state index contributed by atoms with van der Waals surface area (Å²) in [6.45, 7) is 5.52. The predicted molar refractivity (Wildman–Crippen MR) is 146 cm³/mol. The lowest BCUT2D eigenvalue weighted by Gasteiger charge is -2.30. The Bertz CT molecular complexity index is 1170. The van der Waals surface area contributed by atoms with Gasteiger partial charge in [0.25, 0.3) is 0 Å². The molecule has 1 amide bonds. The molecule has 2 aliphatic carbocycles. The highest BCUT2D eigenvalue weighted by atomic mass is 35.5. The third-order valence-corrected chi connectivity index (χ3v) is 7.69. The second kappa shape index (κ2) is 11.8. The average molecular weight is 552 g/mol. The molecular formula is C25H32Cl2FN7O2. The molecule has 1 aromatic heterocycles. The number of guanidine groups is 1. The number of imidazole rings is 1. The molecule has 0 bridgehead atoms. The second-order valence-electron chi connectivity index (χ2n) is 9.73. The van der Waals surface area contributed by atoms with E-state index in [4.69, 9.17) is 38.9 Å². The molecule has 0 radical (unpaired) electrons. The summed E-state index contributed by atoms with van der Waals surface area (Å²) in [5.74, 6) is 0.439. The van der Waals surface area contributed by atoms with Gasteiger partial charge in [-0.05, 0) is 77.1 Å². The van der Waals surface area contributed by atoms with Crippen molar-refractivity contribution in [1.82, 2.24) is 9.55 Å². The lowest BCUT2D eigenvalue weighted by molar-refractivity contribution is -0.122. The molecular weight excluding hydrogens is 520 g/mol. The molecule has 9 nitrogen and oxygen atoms in total. The molecule has 0 saturated heterocycles. The van der Waals surface area contributed by atoms with Crippen LogP contribution in [0.2, 0.25) is 10.0 Å². The van der Waals surface area contributed by atoms with Gasteiger partial charge < -0.3 is 21.5 Å². The quantitative estimate of drug-likeness (QED) is 0.283. The smallest absolute Gasteiger partial charge is 0.223 e. The van der Waals surface area contributed by atoms with Gasteiger partial charge in [0.1, 0.15) is 11.6 Å². The van der Waals surface area contributed by atoms with Crippen LogP contribution in [0.5, 0.6) is 0 Å². The van der Waals surface area contributed by atoms with Gasteiger partial charge in [-0.3, -0.25) is 9.36 Å². The lowest BCUT2D eigenvalue weighted by atomic mass is 9.85. The molecule has 5 N–H and O–H groups in total. The zero-order chi connectivity index (χ0) is 26.7. The number of aromatic nitrogens is 2. The fourth-order valence-electron chi connectivity index (χ4n) is 5.18. The highest BCUT2D eigenvalue weighted by Crippen LogP contribution is 2.40. The molecule has 4 rings (SSSR count). The van der Waals surface area contributed by atoms with Crippen LogP contribution >= 0.6 is 23.2 Å². The first-order chi connectivity index (χ1) is 17.7. The Balaban J connectivity index is 1.70. The highest BCUT2D eigenvalue weighted by molar-refractivity contribution is 6.39. The maximum absolute atomic E-state index is 13.8. The fourth-order valence-corrected chi connectivity index (χ4v) is 5.73. The molecule has 2 aromatic rings. The van der Waals surface area contributed by atoms with Crippen LogP contribution in [0.3, 0.4) is 0 Å². The Hall–Kier alpha value is -2.69. The van der Waals surface area contributed by atoms with Gasteiger partial charge in [0, 0.05) is 12.0 Å². The number of nitrogens with zero attached hydrogens (tertiary/aromatic N) is 4. The van der Waals surface area contributed by atoms with E-state index in [1.807, 2.05) is 11.5 Å². The van der Waals surface area contributed by atoms with E-state index in [1.165, 1.54) is 12.1 Å². The number of nitrogens with two attached hydrogens (primary N) is 1. The topological polar surface area (TPSA) is 130 Å². The average Bonchev–Trinajstić information content (AvgIpc) is 3.15. The van der Waals surface area contributed by atoms with Gasteiger partial charge in [-0.25, -0.2) is 19.4 Å². The van der Waals surface area contributed by atoms with Crippen LogP contribution in [-0.4, -0.2) is 45.4 Å². The number of aliphatic hydroxyl groups excluding tert-OH is 1. The normalized spacial score (nSPS) is 24.5. The Morgan fingerprint density at radius 1 is 1.22 bits per heavy atom. The summed E-state index contributed by atoms with van der Waals surface area (Å²) in [7, 11) is 0. The van der Waals surface area contributed by atoms with Crippen LogP contribution < -0.4 is 16.4 Å². The Labute approximate surface area is 225 Å². The molecule has 0 unspecified atom stereocenters. The van der Waals surface area contributed by atoms with E-state index in [1.54, 1.807) is 0 Å². The van der Waals surface area contributed by atoms with Crippen molar-refractivity contribution in [2.75, 3.05) is 10.6 Å². The maximum Gasteiger partial charge on any atom is 0.223 e. The van der Waals surface area contributed by atoms with Gasteiger partial charge >= 0.3 is 0 Å². The van der Waals surface area contributed by atoms with Gasteiger partial charge in [-0.2, -0.15) is 0 Å². The molecule has 0 aliphatic heterocycles. The molecule has 37 heavy (non-hydrogen) atoms. The van der Waals surface area contributed by atoms with E-state index in [0.29, 0.717) is 61.2 Å². The van der Waals surface area contributed by atoms with Crippen LogP contribution in [0.15, 0.2) is 22.1 Å². The van der Waals surface area contributed by atoms with E-state index >= 15 is 0 Å². The minimum atomic E-state index is -0.544. The number of primary amides is 1. The molecule has 2 aliphatic rings. The van der Waals surface area contributed by atoms with Crippen molar-refractivity contribution in [3.63, 3.8) is 0 Å². The number of hydrogen-bond acceptors (Lipinski definition) is 5. The number of anilines is 3. The molecule has 0 spiro atoms. The van der Waals surface area contributed by atoms with Crippen molar-refractivity contribution in [3.05, 3.63) is 33.7 Å². The van der Waals surface area contributed by atoms with E-state index < -0.39 is 5.82 Å². The van der Waals surface area contributed by atoms with Crippen LogP contribution in [0.4, 0.5) is 21.8 Å². The summed E-state index contributed by atoms with van der Waals surface area (Å²) in [4.78, 5) is 25.3. The van der Waals surface area contributed by atoms with Crippen molar-refractivity contribution >= 4 is 59.2 Å². The van der Waals surface area contributed by atoms with Gasteiger partial charge in [-0.15, -0.1) is 0 Å². The summed E-state index contributed by atoms with van der Waals surface area (Å²) >= 11 is 12.6. The second-order valence-corrected chi connectivity index (χ2v) is 10.5. The van der Waals surface area contributed by atoms with E-state index in [-0.39, 0.29) is 40.1 Å². The van der Waals surface area contributed by atoms with Crippen LogP contribution in [0, 0.1) is 18.7 Å². The molecule has 1 heterocycles. The van der Waals surface area contributed by atoms with Crippen molar-refractivity contribution in [1.29, 1.82) is 0 Å². The summed E-state index contributed by atoms with van der Waals surface area (Å²) in [5.41, 5.74) is 6.54. The van der Waals surface area contributed by atoms with Crippen LogP contribution in [-0.2, 0) is 4.79 Å². The zero-order valence-corrected chi connectivity index (χ0v) is 22.2. The first-order valence-corrected chi connectivity index (χ1v) is 13.2. The monoisotopic (exact) mass is 551 g/mol. The van der Waals surface area contributed by atoms with Crippen molar-refractivity contribution in [2.45, 2.75) is 76.5 Å². The number of aliphatic imine (C=N–C) groups is 2. The third kappa shape index (κ3) is 6.42. The minimum absolute atomic E-state index is 0.0256. The summed E-state index contributed by atoms with van der Waals surface area (Å²) < 4.78 is 15.8. The number of nitrogens with one attached hydrogen (secondary N) is 2. The first kappa shape index (κ1) is 27.3.